The smallest absolute Gasteiger partial charge is 0.360 e. The van der Waals surface area contributed by atoms with E-state index < -0.39 is 16.8 Å². The summed E-state index contributed by atoms with van der Waals surface area (Å²) in [5.41, 5.74) is 1.99. The number of nitrogens with one attached hydrogen (secondary N) is 3. The van der Waals surface area contributed by atoms with Gasteiger partial charge >= 0.3 is 5.97 Å². The number of carbonyl (C=O) groups excluding carboxylic acids is 3. The summed E-state index contributed by atoms with van der Waals surface area (Å²) in [7, 11) is 1.53. The molecule has 5 rings (SSSR count). The Morgan fingerprint density at radius 3 is 2.43 bits per heavy atom. The van der Waals surface area contributed by atoms with Crippen molar-refractivity contribution in [2.24, 2.45) is 0 Å². The lowest BCUT2D eigenvalue weighted by Crippen LogP contribution is -2.17. The largest absolute Gasteiger partial charge is 0.451 e. The number of amides is 2. The Morgan fingerprint density at radius 2 is 1.70 bits per heavy atom. The molecule has 3 N–H and O–H groups in total. The summed E-state index contributed by atoms with van der Waals surface area (Å²) < 4.78 is 10.9. The maximum absolute atomic E-state index is 12.7. The van der Waals surface area contributed by atoms with Crippen molar-refractivity contribution in [3.05, 3.63) is 99.9 Å². The van der Waals surface area contributed by atoms with Gasteiger partial charge in [0.15, 0.2) is 5.76 Å². The summed E-state index contributed by atoms with van der Waals surface area (Å²) in [5.74, 6) is -1.13. The minimum atomic E-state index is -0.620. The number of hydrogen-bond donors (Lipinski definition) is 3. The lowest BCUT2D eigenvalue weighted by atomic mass is 10.2. The van der Waals surface area contributed by atoms with Gasteiger partial charge in [-0.15, -0.1) is 0 Å². The zero-order valence-corrected chi connectivity index (χ0v) is 19.2. The van der Waals surface area contributed by atoms with Crippen molar-refractivity contribution in [2.75, 3.05) is 12.4 Å². The molecule has 2 amide bonds. The first-order chi connectivity index (χ1) is 17.8. The molecule has 0 aliphatic rings. The van der Waals surface area contributed by atoms with E-state index in [2.05, 4.69) is 15.6 Å². The first kappa shape index (κ1) is 23.3. The van der Waals surface area contributed by atoms with Gasteiger partial charge in [0.05, 0.1) is 4.92 Å². The van der Waals surface area contributed by atoms with Gasteiger partial charge in [0, 0.05) is 46.7 Å². The van der Waals surface area contributed by atoms with Crippen LogP contribution in [0.3, 0.4) is 0 Å². The summed E-state index contributed by atoms with van der Waals surface area (Å²) in [4.78, 5) is 50.4. The summed E-state index contributed by atoms with van der Waals surface area (Å²) in [6.45, 7) is 0. The highest BCUT2D eigenvalue weighted by atomic mass is 16.6. The first-order valence-electron chi connectivity index (χ1n) is 11.0. The molecular formula is C26H18N4O7. The zero-order valence-electron chi connectivity index (χ0n) is 19.2. The van der Waals surface area contributed by atoms with Crippen LogP contribution in [-0.4, -0.2) is 34.7 Å². The number of fused-ring (bicyclic) bond motifs is 2. The van der Waals surface area contributed by atoms with Crippen molar-refractivity contribution in [1.82, 2.24) is 10.3 Å². The highest BCUT2D eigenvalue weighted by molar-refractivity contribution is 6.06. The van der Waals surface area contributed by atoms with E-state index in [1.54, 1.807) is 36.4 Å². The van der Waals surface area contributed by atoms with E-state index in [1.165, 1.54) is 43.4 Å². The lowest BCUT2D eigenvalue weighted by molar-refractivity contribution is -0.384. The predicted octanol–water partition coefficient (Wildman–Crippen LogP) is 4.65. The molecule has 2 aromatic heterocycles. The van der Waals surface area contributed by atoms with Crippen molar-refractivity contribution < 1.29 is 28.5 Å². The quantitative estimate of drug-likeness (QED) is 0.133. The minimum absolute atomic E-state index is 0.00336. The maximum Gasteiger partial charge on any atom is 0.360 e. The minimum Gasteiger partial charge on any atom is -0.451 e. The topological polar surface area (TPSA) is 157 Å². The number of hydrogen-bond acceptors (Lipinski definition) is 7. The number of nitrogens with zero attached hydrogens (tertiary/aromatic N) is 1. The number of H-pyrrole nitrogens is 1. The van der Waals surface area contributed by atoms with E-state index in [4.69, 9.17) is 9.15 Å². The third kappa shape index (κ3) is 4.73. The number of anilines is 1. The summed E-state index contributed by atoms with van der Waals surface area (Å²) >= 11 is 0. The van der Waals surface area contributed by atoms with Crippen molar-refractivity contribution >= 4 is 51.0 Å². The third-order valence-corrected chi connectivity index (χ3v) is 5.59. The fourth-order valence-corrected chi connectivity index (χ4v) is 3.75. The second-order valence-electron chi connectivity index (χ2n) is 8.02. The zero-order chi connectivity index (χ0) is 26.1. The Morgan fingerprint density at radius 1 is 0.919 bits per heavy atom. The molecule has 0 saturated heterocycles. The van der Waals surface area contributed by atoms with E-state index in [9.17, 15) is 24.5 Å². The average Bonchev–Trinajstić information content (AvgIpc) is 3.52. The van der Waals surface area contributed by atoms with Crippen LogP contribution in [-0.2, 0) is 0 Å². The fourth-order valence-electron chi connectivity index (χ4n) is 3.75. The molecule has 0 saturated carbocycles. The van der Waals surface area contributed by atoms with Crippen molar-refractivity contribution in [3.8, 4) is 5.75 Å². The average molecular weight is 498 g/mol. The van der Waals surface area contributed by atoms with E-state index in [0.717, 1.165) is 0 Å². The second-order valence-corrected chi connectivity index (χ2v) is 8.02. The van der Waals surface area contributed by atoms with Gasteiger partial charge in [-0.25, -0.2) is 4.79 Å². The van der Waals surface area contributed by atoms with Crippen LogP contribution in [0.5, 0.6) is 5.75 Å². The number of ether oxygens (including phenoxy) is 1. The third-order valence-electron chi connectivity index (χ3n) is 5.59. The van der Waals surface area contributed by atoms with Gasteiger partial charge in [-0.3, -0.25) is 19.7 Å². The molecule has 11 heteroatoms. The summed E-state index contributed by atoms with van der Waals surface area (Å²) in [6, 6.07) is 18.3. The standard InChI is InChI=1S/C26H18N4O7/c1-27-24(31)14-2-6-19(7-3-14)36-26(33)21-12-15-10-17(4-8-20(15)29-21)28-25(32)23-13-16-11-18(30(34)35)5-9-22(16)37-23/h2-13,29H,1H3,(H,27,31)(H,28,32). The Hall–Kier alpha value is -5.45. The fraction of sp³-hybridized carbons (Fsp3) is 0.0385. The molecule has 0 bridgehead atoms. The van der Waals surface area contributed by atoms with Crippen molar-refractivity contribution in [1.29, 1.82) is 0 Å². The summed E-state index contributed by atoms with van der Waals surface area (Å²) in [5, 5.41) is 17.3. The number of benzene rings is 3. The molecule has 0 atom stereocenters. The molecule has 11 nitrogen and oxygen atoms in total. The van der Waals surface area contributed by atoms with Crippen LogP contribution in [0, 0.1) is 10.1 Å². The predicted molar refractivity (Wildman–Crippen MR) is 134 cm³/mol. The molecule has 5 aromatic rings. The van der Waals surface area contributed by atoms with E-state index in [-0.39, 0.29) is 28.8 Å². The molecule has 0 radical (unpaired) electrons. The van der Waals surface area contributed by atoms with Crippen LogP contribution in [0.15, 0.2) is 77.2 Å². The Balaban J connectivity index is 1.30. The SMILES string of the molecule is CNC(=O)c1ccc(OC(=O)c2cc3cc(NC(=O)c4cc5cc([N+](=O)[O-])ccc5o4)ccc3[nH]2)cc1. The first-order valence-corrected chi connectivity index (χ1v) is 11.0. The van der Waals surface area contributed by atoms with Crippen LogP contribution in [0.1, 0.15) is 31.4 Å². The van der Waals surface area contributed by atoms with Crippen LogP contribution >= 0.6 is 0 Å². The number of aromatic amines is 1. The molecule has 0 spiro atoms. The monoisotopic (exact) mass is 498 g/mol. The number of nitro groups is 1. The molecule has 0 fully saturated rings. The Bertz CT molecular complexity index is 1700. The van der Waals surface area contributed by atoms with Crippen LogP contribution in [0.4, 0.5) is 11.4 Å². The Labute approximate surface area is 208 Å². The molecule has 0 aliphatic heterocycles. The normalized spacial score (nSPS) is 10.8. The van der Waals surface area contributed by atoms with Gasteiger partial charge < -0.3 is 24.8 Å². The number of rotatable bonds is 6. The number of carbonyl (C=O) groups is 3. The molecule has 184 valence electrons. The van der Waals surface area contributed by atoms with E-state index in [0.29, 0.717) is 33.1 Å². The van der Waals surface area contributed by atoms with Crippen LogP contribution in [0.25, 0.3) is 21.9 Å². The van der Waals surface area contributed by atoms with Crippen molar-refractivity contribution in [3.63, 3.8) is 0 Å². The van der Waals surface area contributed by atoms with E-state index in [1.807, 2.05) is 0 Å². The van der Waals surface area contributed by atoms with Gasteiger partial charge in [0.1, 0.15) is 17.0 Å². The summed E-state index contributed by atoms with van der Waals surface area (Å²) in [6.07, 6.45) is 0. The molecule has 0 aliphatic carbocycles. The van der Waals surface area contributed by atoms with Crippen LogP contribution < -0.4 is 15.4 Å². The van der Waals surface area contributed by atoms with Gasteiger partial charge in [-0.2, -0.15) is 0 Å². The maximum atomic E-state index is 12.7. The number of furan rings is 1. The van der Waals surface area contributed by atoms with Crippen molar-refractivity contribution in [2.45, 2.75) is 0 Å². The van der Waals surface area contributed by atoms with Crippen LogP contribution in [0.2, 0.25) is 0 Å². The van der Waals surface area contributed by atoms with Gasteiger partial charge in [0.2, 0.25) is 0 Å². The second kappa shape index (κ2) is 9.30. The van der Waals surface area contributed by atoms with E-state index >= 15 is 0 Å². The Kier molecular flexibility index (Phi) is 5.86. The molecule has 0 unspecified atom stereocenters. The number of esters is 1. The number of non-ortho nitro benzene ring substituents is 1. The van der Waals surface area contributed by atoms with Gasteiger partial charge in [-0.1, -0.05) is 0 Å². The molecule has 37 heavy (non-hydrogen) atoms. The molecule has 3 aromatic carbocycles. The van der Waals surface area contributed by atoms with Gasteiger partial charge in [0.25, 0.3) is 17.5 Å². The molecular weight excluding hydrogens is 480 g/mol. The number of nitro benzene ring substituents is 1. The highest BCUT2D eigenvalue weighted by Gasteiger charge is 2.17. The highest BCUT2D eigenvalue weighted by Crippen LogP contribution is 2.26. The number of aromatic nitrogens is 1. The molecule has 2 heterocycles. The van der Waals surface area contributed by atoms with Gasteiger partial charge in [-0.05, 0) is 60.7 Å². The lowest BCUT2D eigenvalue weighted by Gasteiger charge is -2.04.